The van der Waals surface area contributed by atoms with Gasteiger partial charge in [0.15, 0.2) is 0 Å². The third kappa shape index (κ3) is 3.70. The molecule has 80 valence electrons. The fourth-order valence-corrected chi connectivity index (χ4v) is 2.58. The summed E-state index contributed by atoms with van der Waals surface area (Å²) in [6.07, 6.45) is 4.33. The zero-order valence-corrected chi connectivity index (χ0v) is 9.27. The van der Waals surface area contributed by atoms with Crippen molar-refractivity contribution in [3.8, 4) is 0 Å². The molecule has 0 spiro atoms. The van der Waals surface area contributed by atoms with Crippen LogP contribution in [-0.2, 0) is 14.3 Å². The Bertz CT molecular complexity index is 211. The first-order valence-electron chi connectivity index (χ1n) is 4.81. The summed E-state index contributed by atoms with van der Waals surface area (Å²) in [6.45, 7) is 0. The maximum Gasteiger partial charge on any atom is 0.306 e. The molecule has 0 N–H and O–H groups in total. The summed E-state index contributed by atoms with van der Waals surface area (Å²) in [4.78, 5) is 21.2. The normalized spacial score (nSPS) is 17.5. The van der Waals surface area contributed by atoms with Gasteiger partial charge in [-0.25, -0.2) is 0 Å². The van der Waals surface area contributed by atoms with Crippen molar-refractivity contribution in [3.63, 3.8) is 0 Å². The molecule has 0 unspecified atom stereocenters. The van der Waals surface area contributed by atoms with E-state index in [1.54, 1.807) is 11.8 Å². The van der Waals surface area contributed by atoms with Gasteiger partial charge in [0.25, 0.3) is 0 Å². The van der Waals surface area contributed by atoms with Crippen LogP contribution in [0.15, 0.2) is 0 Å². The second-order valence-corrected chi connectivity index (χ2v) is 4.87. The van der Waals surface area contributed by atoms with Gasteiger partial charge in [-0.15, -0.1) is 0 Å². The molecule has 1 aliphatic carbocycles. The summed E-state index contributed by atoms with van der Waals surface area (Å²) in [6, 6.07) is 0. The van der Waals surface area contributed by atoms with Crippen LogP contribution in [0.3, 0.4) is 0 Å². The number of hydrogen-bond acceptors (Lipinski definition) is 4. The number of thioether (sulfide) groups is 1. The molecule has 4 heteroatoms. The first-order valence-corrected chi connectivity index (χ1v) is 5.96. The summed E-state index contributed by atoms with van der Waals surface area (Å²) in [7, 11) is 1.43. The molecule has 0 aromatic heterocycles. The van der Waals surface area contributed by atoms with Crippen molar-refractivity contribution in [2.45, 2.75) is 25.7 Å². The van der Waals surface area contributed by atoms with Crippen LogP contribution in [0.5, 0.6) is 0 Å². The van der Waals surface area contributed by atoms with Crippen LogP contribution in [0.1, 0.15) is 25.7 Å². The molecule has 0 aromatic rings. The lowest BCUT2D eigenvalue weighted by Gasteiger charge is -2.12. The van der Waals surface area contributed by atoms with Crippen molar-refractivity contribution in [3.05, 3.63) is 0 Å². The minimum atomic E-state index is -0.113. The van der Waals surface area contributed by atoms with Gasteiger partial charge in [0.1, 0.15) is 6.29 Å². The third-order valence-corrected chi connectivity index (χ3v) is 3.83. The molecule has 0 atom stereocenters. The number of aldehydes is 1. The topological polar surface area (TPSA) is 43.4 Å². The molecule has 0 saturated heterocycles. The van der Waals surface area contributed by atoms with Gasteiger partial charge < -0.3 is 9.53 Å². The highest BCUT2D eigenvalue weighted by Gasteiger charge is 2.44. The molecular weight excluding hydrogens is 200 g/mol. The Morgan fingerprint density at radius 1 is 1.57 bits per heavy atom. The van der Waals surface area contributed by atoms with Crippen LogP contribution in [0.4, 0.5) is 0 Å². The average molecular weight is 216 g/mol. The number of hydrogen-bond donors (Lipinski definition) is 0. The highest BCUT2D eigenvalue weighted by molar-refractivity contribution is 7.99. The lowest BCUT2D eigenvalue weighted by Crippen LogP contribution is -2.13. The fourth-order valence-electron chi connectivity index (χ4n) is 1.35. The van der Waals surface area contributed by atoms with Crippen molar-refractivity contribution in [1.29, 1.82) is 0 Å². The van der Waals surface area contributed by atoms with Crippen molar-refractivity contribution < 1.29 is 14.3 Å². The zero-order chi connectivity index (χ0) is 10.4. The molecule has 1 rings (SSSR count). The molecule has 14 heavy (non-hydrogen) atoms. The molecular formula is C10H16O3S. The Morgan fingerprint density at radius 2 is 2.29 bits per heavy atom. The van der Waals surface area contributed by atoms with E-state index in [0.29, 0.717) is 12.8 Å². The van der Waals surface area contributed by atoms with Crippen LogP contribution < -0.4 is 0 Å². The Labute approximate surface area is 88.6 Å². The van der Waals surface area contributed by atoms with Crippen LogP contribution >= 0.6 is 11.8 Å². The predicted octanol–water partition coefficient (Wildman–Crippen LogP) is 1.65. The number of rotatable bonds is 7. The van der Waals surface area contributed by atoms with E-state index in [0.717, 1.165) is 30.6 Å². The molecule has 3 nitrogen and oxygen atoms in total. The number of carbonyl (C=O) groups excluding carboxylic acids is 2. The molecule has 1 fully saturated rings. The maximum absolute atomic E-state index is 11.1. The summed E-state index contributed by atoms with van der Waals surface area (Å²) in [5.74, 6) is 1.74. The van der Waals surface area contributed by atoms with Crippen molar-refractivity contribution in [1.82, 2.24) is 0 Å². The second-order valence-electron chi connectivity index (χ2n) is 3.76. The van der Waals surface area contributed by atoms with E-state index < -0.39 is 0 Å². The largest absolute Gasteiger partial charge is 0.469 e. The highest BCUT2D eigenvalue weighted by Crippen LogP contribution is 2.51. The van der Waals surface area contributed by atoms with Crippen LogP contribution in [0.25, 0.3) is 0 Å². The lowest BCUT2D eigenvalue weighted by molar-refractivity contribution is -0.141. The van der Waals surface area contributed by atoms with Gasteiger partial charge in [-0.2, -0.15) is 11.8 Å². The summed E-state index contributed by atoms with van der Waals surface area (Å²) < 4.78 is 4.65. The Balaban J connectivity index is 2.15. The highest BCUT2D eigenvalue weighted by atomic mass is 32.2. The predicted molar refractivity (Wildman–Crippen MR) is 56.3 cm³/mol. The van der Waals surface area contributed by atoms with E-state index in [2.05, 4.69) is 4.74 Å². The molecule has 0 aliphatic heterocycles. The van der Waals surface area contributed by atoms with Crippen molar-refractivity contribution in [2.24, 2.45) is 5.41 Å². The Hall–Kier alpha value is -0.510. The Kier molecular flexibility index (Phi) is 4.45. The van der Waals surface area contributed by atoms with E-state index >= 15 is 0 Å². The molecule has 0 heterocycles. The Morgan fingerprint density at radius 3 is 2.79 bits per heavy atom. The number of carbonyl (C=O) groups is 2. The minimum absolute atomic E-state index is 0.113. The van der Waals surface area contributed by atoms with Crippen LogP contribution in [-0.4, -0.2) is 30.9 Å². The molecule has 1 saturated carbocycles. The van der Waals surface area contributed by atoms with E-state index in [1.165, 1.54) is 7.11 Å². The first kappa shape index (κ1) is 11.6. The quantitative estimate of drug-likeness (QED) is 0.369. The number of esters is 1. The van der Waals surface area contributed by atoms with E-state index in [-0.39, 0.29) is 11.4 Å². The summed E-state index contributed by atoms with van der Waals surface area (Å²) in [5, 5.41) is 0. The second kappa shape index (κ2) is 5.39. The number of ether oxygens (including phenoxy) is 1. The van der Waals surface area contributed by atoms with E-state index in [4.69, 9.17) is 0 Å². The van der Waals surface area contributed by atoms with E-state index in [1.807, 2.05) is 0 Å². The van der Waals surface area contributed by atoms with Crippen molar-refractivity contribution >= 4 is 24.0 Å². The molecule has 0 bridgehead atoms. The van der Waals surface area contributed by atoms with Crippen LogP contribution in [0.2, 0.25) is 0 Å². The van der Waals surface area contributed by atoms with Crippen molar-refractivity contribution in [2.75, 3.05) is 18.6 Å². The molecule has 0 radical (unpaired) electrons. The van der Waals surface area contributed by atoms with E-state index in [9.17, 15) is 9.59 Å². The van der Waals surface area contributed by atoms with Gasteiger partial charge in [-0.1, -0.05) is 0 Å². The van der Waals surface area contributed by atoms with Gasteiger partial charge >= 0.3 is 5.97 Å². The van der Waals surface area contributed by atoms with Gasteiger partial charge in [0, 0.05) is 6.42 Å². The standard InChI is InChI=1S/C10H16O3S/c1-13-9(12)7-10(3-4-10)8-14-6-2-5-11/h5H,2-4,6-8H2,1H3. The number of methoxy groups -OCH3 is 1. The smallest absolute Gasteiger partial charge is 0.306 e. The lowest BCUT2D eigenvalue weighted by atomic mass is 10.1. The fraction of sp³-hybridized carbons (Fsp3) is 0.800. The minimum Gasteiger partial charge on any atom is -0.469 e. The molecule has 0 aromatic carbocycles. The third-order valence-electron chi connectivity index (χ3n) is 2.49. The molecule has 1 aliphatic rings. The maximum atomic E-state index is 11.1. The van der Waals surface area contributed by atoms with Gasteiger partial charge in [-0.3, -0.25) is 4.79 Å². The van der Waals surface area contributed by atoms with Gasteiger partial charge in [0.2, 0.25) is 0 Å². The monoisotopic (exact) mass is 216 g/mol. The SMILES string of the molecule is COC(=O)CC1(CSCCC=O)CC1. The van der Waals surface area contributed by atoms with Gasteiger partial charge in [-0.05, 0) is 29.8 Å². The first-order chi connectivity index (χ1) is 6.72. The zero-order valence-electron chi connectivity index (χ0n) is 8.45. The molecule has 0 amide bonds. The van der Waals surface area contributed by atoms with Gasteiger partial charge in [0.05, 0.1) is 13.5 Å². The average Bonchev–Trinajstić information content (AvgIpc) is 2.93. The summed E-state index contributed by atoms with van der Waals surface area (Å²) in [5.41, 5.74) is 0.195. The van der Waals surface area contributed by atoms with Crippen LogP contribution in [0, 0.1) is 5.41 Å². The summed E-state index contributed by atoms with van der Waals surface area (Å²) >= 11 is 1.76.